The number of ether oxygens (including phenoxy) is 2. The molecule has 0 unspecified atom stereocenters. The molecule has 0 bridgehead atoms. The Bertz CT molecular complexity index is 2190. The van der Waals surface area contributed by atoms with E-state index in [0.717, 1.165) is 8.61 Å². The van der Waals surface area contributed by atoms with Crippen molar-refractivity contribution in [1.82, 2.24) is 0 Å². The van der Waals surface area contributed by atoms with Gasteiger partial charge in [-0.05, 0) is 60.2 Å². The van der Waals surface area contributed by atoms with Crippen LogP contribution in [0.5, 0.6) is 11.5 Å². The molecule has 0 atom stereocenters. The van der Waals surface area contributed by atoms with Crippen LogP contribution < -0.4 is 18.1 Å². The van der Waals surface area contributed by atoms with Gasteiger partial charge in [-0.25, -0.2) is 16.8 Å². The predicted octanol–water partition coefficient (Wildman–Crippen LogP) is 5.08. The van der Waals surface area contributed by atoms with Gasteiger partial charge in [0.2, 0.25) is 0 Å². The van der Waals surface area contributed by atoms with Gasteiger partial charge < -0.3 is 19.7 Å². The molecule has 0 saturated carbocycles. The van der Waals surface area contributed by atoms with Crippen molar-refractivity contribution in [2.75, 3.05) is 35.9 Å². The predicted molar refractivity (Wildman–Crippen MR) is 180 cm³/mol. The number of anilines is 2. The number of hydrogen-bond acceptors (Lipinski definition) is 8. The quantitative estimate of drug-likeness (QED) is 0.170. The molecule has 48 heavy (non-hydrogen) atoms. The van der Waals surface area contributed by atoms with E-state index in [2.05, 4.69) is 0 Å². The van der Waals surface area contributed by atoms with E-state index in [1.165, 1.54) is 80.9 Å². The number of carbonyl (C=O) groups is 2. The molecule has 0 amide bonds. The Hall–Kier alpha value is -5.60. The van der Waals surface area contributed by atoms with Gasteiger partial charge in [0.15, 0.2) is 0 Å². The maximum Gasteiger partial charge on any atom is 0.324 e. The first-order valence-corrected chi connectivity index (χ1v) is 17.1. The monoisotopic (exact) mass is 690 g/mol. The third-order valence-electron chi connectivity index (χ3n) is 7.45. The van der Waals surface area contributed by atoms with Gasteiger partial charge in [-0.2, -0.15) is 0 Å². The molecule has 0 saturated heterocycles. The molecule has 14 heteroatoms. The maximum atomic E-state index is 14.3. The normalized spacial score (nSPS) is 11.5. The van der Waals surface area contributed by atoms with E-state index in [-0.39, 0.29) is 37.5 Å². The van der Waals surface area contributed by atoms with E-state index < -0.39 is 45.1 Å². The minimum atomic E-state index is -4.57. The van der Waals surface area contributed by atoms with Gasteiger partial charge in [0, 0.05) is 16.3 Å². The average molecular weight is 691 g/mol. The molecular formula is C34H30N2O10S2. The van der Waals surface area contributed by atoms with E-state index in [9.17, 15) is 36.6 Å². The fourth-order valence-electron chi connectivity index (χ4n) is 5.23. The molecule has 0 fully saturated rings. The zero-order valence-electron chi connectivity index (χ0n) is 25.7. The highest BCUT2D eigenvalue weighted by molar-refractivity contribution is 7.93. The number of benzene rings is 5. The zero-order chi connectivity index (χ0) is 34.6. The van der Waals surface area contributed by atoms with E-state index in [1.807, 2.05) is 0 Å². The van der Waals surface area contributed by atoms with Crippen LogP contribution >= 0.6 is 0 Å². The van der Waals surface area contributed by atoms with Gasteiger partial charge in [-0.3, -0.25) is 18.2 Å². The number of sulfonamides is 2. The number of methoxy groups -OCH3 is 2. The number of hydrogen-bond donors (Lipinski definition) is 2. The summed E-state index contributed by atoms with van der Waals surface area (Å²) in [7, 11) is -6.27. The Morgan fingerprint density at radius 3 is 1.52 bits per heavy atom. The summed E-state index contributed by atoms with van der Waals surface area (Å²) in [5, 5.41) is 20.2. The van der Waals surface area contributed by atoms with Crippen LogP contribution in [-0.4, -0.2) is 66.3 Å². The van der Waals surface area contributed by atoms with Gasteiger partial charge in [0.1, 0.15) is 24.6 Å². The van der Waals surface area contributed by atoms with Crippen LogP contribution in [0.15, 0.2) is 119 Å². The van der Waals surface area contributed by atoms with Crippen molar-refractivity contribution in [3.05, 3.63) is 109 Å². The molecule has 12 nitrogen and oxygen atoms in total. The Morgan fingerprint density at radius 1 is 0.604 bits per heavy atom. The molecule has 5 rings (SSSR count). The second-order valence-electron chi connectivity index (χ2n) is 10.4. The molecular weight excluding hydrogens is 661 g/mol. The highest BCUT2D eigenvalue weighted by atomic mass is 32.2. The molecule has 0 aliphatic heterocycles. The van der Waals surface area contributed by atoms with Crippen molar-refractivity contribution in [2.45, 2.75) is 9.79 Å². The second-order valence-corrected chi connectivity index (χ2v) is 14.1. The summed E-state index contributed by atoms with van der Waals surface area (Å²) in [4.78, 5) is 24.1. The molecule has 5 aromatic rings. The second kappa shape index (κ2) is 13.6. The van der Waals surface area contributed by atoms with Crippen LogP contribution in [0.2, 0.25) is 0 Å². The molecule has 0 aromatic heterocycles. The molecule has 0 spiro atoms. The largest absolute Gasteiger partial charge is 0.497 e. The number of nitrogens with zero attached hydrogens (tertiary/aromatic N) is 2. The van der Waals surface area contributed by atoms with Crippen molar-refractivity contribution < 1.29 is 46.1 Å². The van der Waals surface area contributed by atoms with Crippen LogP contribution in [0.3, 0.4) is 0 Å². The fraction of sp³-hybridized carbons (Fsp3) is 0.118. The highest BCUT2D eigenvalue weighted by Gasteiger charge is 2.34. The van der Waals surface area contributed by atoms with Crippen molar-refractivity contribution in [2.24, 2.45) is 0 Å². The fourth-order valence-corrected chi connectivity index (χ4v) is 8.11. The molecule has 5 aromatic carbocycles. The Balaban J connectivity index is 1.87. The number of fused-ring (bicyclic) bond motifs is 1. The van der Waals surface area contributed by atoms with Gasteiger partial charge in [0.05, 0.1) is 35.4 Å². The van der Waals surface area contributed by atoms with Gasteiger partial charge >= 0.3 is 11.9 Å². The molecule has 0 aliphatic rings. The van der Waals surface area contributed by atoms with Crippen LogP contribution in [0.4, 0.5) is 11.4 Å². The van der Waals surface area contributed by atoms with Crippen molar-refractivity contribution >= 4 is 54.1 Å². The van der Waals surface area contributed by atoms with Gasteiger partial charge in [0.25, 0.3) is 20.0 Å². The standard InChI is InChI=1S/C34H30N2O10S2/c1-45-24-12-16-26(17-13-24)47(41,42)35(21-32(37)38)31-20-30(23-8-4-3-5-9-23)34(29-11-7-6-10-28(29)31)36(22-33(39)40)48(43,44)27-18-14-25(46-2)15-19-27/h3-20H,21-22H2,1-2H3,(H,37,38)(H,39,40). The summed E-state index contributed by atoms with van der Waals surface area (Å²) in [5.74, 6) is -2.13. The smallest absolute Gasteiger partial charge is 0.324 e. The van der Waals surface area contributed by atoms with Gasteiger partial charge in [-0.15, -0.1) is 0 Å². The third kappa shape index (κ3) is 6.61. The number of carboxylic acids is 2. The number of rotatable bonds is 13. The lowest BCUT2D eigenvalue weighted by molar-refractivity contribution is -0.136. The summed E-state index contributed by atoms with van der Waals surface area (Å²) in [6, 6.07) is 26.8. The molecule has 0 radical (unpaired) electrons. The van der Waals surface area contributed by atoms with Crippen LogP contribution in [0.25, 0.3) is 21.9 Å². The molecule has 0 heterocycles. The minimum Gasteiger partial charge on any atom is -0.497 e. The lowest BCUT2D eigenvalue weighted by atomic mass is 9.96. The van der Waals surface area contributed by atoms with Crippen LogP contribution in [0.1, 0.15) is 0 Å². The van der Waals surface area contributed by atoms with E-state index in [4.69, 9.17) is 9.47 Å². The Morgan fingerprint density at radius 2 is 1.04 bits per heavy atom. The molecule has 2 N–H and O–H groups in total. The first-order chi connectivity index (χ1) is 22.9. The lowest BCUT2D eigenvalue weighted by Crippen LogP contribution is -2.37. The van der Waals surface area contributed by atoms with Gasteiger partial charge in [-0.1, -0.05) is 54.6 Å². The van der Waals surface area contributed by atoms with Crippen molar-refractivity contribution in [3.8, 4) is 22.6 Å². The third-order valence-corrected chi connectivity index (χ3v) is 11.0. The maximum absolute atomic E-state index is 14.3. The summed E-state index contributed by atoms with van der Waals surface area (Å²) in [6.07, 6.45) is 0. The van der Waals surface area contributed by atoms with Crippen LogP contribution in [0, 0.1) is 0 Å². The summed E-state index contributed by atoms with van der Waals surface area (Å²) < 4.78 is 68.6. The van der Waals surface area contributed by atoms with Crippen molar-refractivity contribution in [3.63, 3.8) is 0 Å². The molecule has 248 valence electrons. The highest BCUT2D eigenvalue weighted by Crippen LogP contribution is 2.45. The van der Waals surface area contributed by atoms with Crippen LogP contribution in [-0.2, 0) is 29.6 Å². The Labute approximate surface area is 277 Å². The SMILES string of the molecule is COc1ccc(S(=O)(=O)N(CC(=O)O)c2cc(-c3ccccc3)c(N(CC(=O)O)S(=O)(=O)c3ccc(OC)cc3)c3ccccc23)cc1. The average Bonchev–Trinajstić information content (AvgIpc) is 3.09. The summed E-state index contributed by atoms with van der Waals surface area (Å²) in [5.41, 5.74) is 0.444. The summed E-state index contributed by atoms with van der Waals surface area (Å²) in [6.45, 7) is -1.96. The number of carboxylic acid groups (broad SMARTS) is 2. The first-order valence-electron chi connectivity index (χ1n) is 14.3. The van der Waals surface area contributed by atoms with Crippen molar-refractivity contribution in [1.29, 1.82) is 0 Å². The zero-order valence-corrected chi connectivity index (χ0v) is 27.3. The molecule has 0 aliphatic carbocycles. The summed E-state index contributed by atoms with van der Waals surface area (Å²) >= 11 is 0. The minimum absolute atomic E-state index is 0.0455. The topological polar surface area (TPSA) is 168 Å². The van der Waals surface area contributed by atoms with E-state index in [0.29, 0.717) is 17.1 Å². The lowest BCUT2D eigenvalue weighted by Gasteiger charge is -2.30. The van der Waals surface area contributed by atoms with E-state index in [1.54, 1.807) is 42.5 Å². The Kier molecular flexibility index (Phi) is 9.59. The number of aliphatic carboxylic acids is 2. The first kappa shape index (κ1) is 33.8. The van der Waals surface area contributed by atoms with E-state index >= 15 is 0 Å².